The molecule has 25 heavy (non-hydrogen) atoms. The summed E-state index contributed by atoms with van der Waals surface area (Å²) in [6.45, 7) is 6.45. The van der Waals surface area contributed by atoms with Gasteiger partial charge < -0.3 is 14.6 Å². The van der Waals surface area contributed by atoms with Gasteiger partial charge in [-0.15, -0.1) is 0 Å². The third-order valence-electron chi connectivity index (χ3n) is 4.18. The maximum absolute atomic E-state index is 12.3. The molecule has 0 bridgehead atoms. The molecule has 0 heterocycles. The molecule has 6 nitrogen and oxygen atoms in total. The van der Waals surface area contributed by atoms with Crippen molar-refractivity contribution >= 4 is 17.7 Å². The van der Waals surface area contributed by atoms with Gasteiger partial charge in [0.1, 0.15) is 18.0 Å². The first-order valence-electron chi connectivity index (χ1n) is 7.99. The van der Waals surface area contributed by atoms with Crippen molar-refractivity contribution in [3.63, 3.8) is 0 Å². The summed E-state index contributed by atoms with van der Waals surface area (Å²) in [4.78, 5) is 35.3. The van der Waals surface area contributed by atoms with Crippen molar-refractivity contribution in [2.24, 2.45) is 5.41 Å². The Labute approximate surface area is 146 Å². The van der Waals surface area contributed by atoms with Gasteiger partial charge in [0.15, 0.2) is 5.78 Å². The van der Waals surface area contributed by atoms with E-state index in [0.717, 1.165) is 0 Å². The first-order valence-corrected chi connectivity index (χ1v) is 7.99. The van der Waals surface area contributed by atoms with Crippen molar-refractivity contribution < 1.29 is 29.0 Å². The summed E-state index contributed by atoms with van der Waals surface area (Å²) < 4.78 is 10.3. The average Bonchev–Trinajstić information content (AvgIpc) is 2.58. The number of hydrogen-bond donors (Lipinski definition) is 1. The van der Waals surface area contributed by atoms with E-state index in [9.17, 15) is 19.5 Å². The van der Waals surface area contributed by atoms with Gasteiger partial charge in [-0.05, 0) is 42.8 Å². The number of aliphatic hydroxyl groups is 1. The van der Waals surface area contributed by atoms with E-state index in [-0.39, 0.29) is 17.8 Å². The summed E-state index contributed by atoms with van der Waals surface area (Å²) in [6.07, 6.45) is -0.241. The molecule has 1 aliphatic carbocycles. The fourth-order valence-electron chi connectivity index (χ4n) is 2.65. The summed E-state index contributed by atoms with van der Waals surface area (Å²) in [5.74, 6) is -0.841. The average molecular weight is 346 g/mol. The Morgan fingerprint density at radius 3 is 2.36 bits per heavy atom. The number of hydrogen-bond acceptors (Lipinski definition) is 6. The molecule has 1 N–H and O–H groups in total. The number of allylic oxidation sites excluding steroid dienone is 1. The fourth-order valence-corrected chi connectivity index (χ4v) is 2.65. The van der Waals surface area contributed by atoms with Crippen molar-refractivity contribution in [3.05, 3.63) is 41.5 Å². The van der Waals surface area contributed by atoms with Gasteiger partial charge in [-0.2, -0.15) is 0 Å². The van der Waals surface area contributed by atoms with Crippen LogP contribution in [-0.4, -0.2) is 35.0 Å². The zero-order chi connectivity index (χ0) is 18.8. The Morgan fingerprint density at radius 2 is 1.80 bits per heavy atom. The highest BCUT2D eigenvalue weighted by molar-refractivity contribution is 5.96. The lowest BCUT2D eigenvalue weighted by molar-refractivity contribution is -0.131. The van der Waals surface area contributed by atoms with Crippen LogP contribution < -0.4 is 4.74 Å². The zero-order valence-corrected chi connectivity index (χ0v) is 14.7. The number of ether oxygens (including phenoxy) is 2. The lowest BCUT2D eigenvalue weighted by Gasteiger charge is -2.32. The molecule has 2 atom stereocenters. The van der Waals surface area contributed by atoms with Crippen LogP contribution in [0, 0.1) is 5.41 Å². The molecule has 6 heteroatoms. The van der Waals surface area contributed by atoms with E-state index in [0.29, 0.717) is 11.3 Å². The second-order valence-corrected chi connectivity index (χ2v) is 6.87. The molecule has 0 saturated carbocycles. The number of carbonyl (C=O) groups excluding carboxylic acids is 3. The molecule has 2 rings (SSSR count). The third kappa shape index (κ3) is 4.54. The number of esters is 2. The molecular formula is C19H22O6. The Hall–Kier alpha value is -2.47. The largest absolute Gasteiger partial charge is 0.452 e. The van der Waals surface area contributed by atoms with Crippen molar-refractivity contribution in [1.29, 1.82) is 0 Å². The number of benzene rings is 1. The van der Waals surface area contributed by atoms with Crippen LogP contribution in [0.3, 0.4) is 0 Å². The first-order chi connectivity index (χ1) is 11.6. The lowest BCUT2D eigenvalue weighted by Crippen LogP contribution is -2.40. The topological polar surface area (TPSA) is 89.9 Å². The fraction of sp³-hybridized carbons (Fsp3) is 0.421. The molecule has 0 aromatic heterocycles. The predicted molar refractivity (Wildman–Crippen MR) is 90.1 cm³/mol. The highest BCUT2D eigenvalue weighted by Crippen LogP contribution is 2.34. The van der Waals surface area contributed by atoms with Gasteiger partial charge >= 0.3 is 11.9 Å². The molecule has 2 unspecified atom stereocenters. The van der Waals surface area contributed by atoms with Crippen molar-refractivity contribution in [2.75, 3.05) is 0 Å². The standard InChI is InChI=1S/C19H22O6/c1-11-9-16(17(22)19(3,4)10-15(11)21)25-18(23)13-5-7-14(8-6-13)24-12(2)20/h5-9,16-17,22H,10H2,1-4H3. The van der Waals surface area contributed by atoms with Crippen molar-refractivity contribution in [2.45, 2.75) is 46.3 Å². The normalized spacial score (nSPS) is 22.6. The monoisotopic (exact) mass is 346 g/mol. The van der Waals surface area contributed by atoms with Gasteiger partial charge in [0.25, 0.3) is 0 Å². The number of ketones is 1. The molecule has 1 aromatic carbocycles. The van der Waals surface area contributed by atoms with Crippen molar-refractivity contribution in [1.82, 2.24) is 0 Å². The van der Waals surface area contributed by atoms with E-state index >= 15 is 0 Å². The molecular weight excluding hydrogens is 324 g/mol. The minimum absolute atomic E-state index is 0.0756. The second-order valence-electron chi connectivity index (χ2n) is 6.87. The molecule has 0 amide bonds. The van der Waals surface area contributed by atoms with E-state index in [2.05, 4.69) is 0 Å². The number of carbonyl (C=O) groups is 3. The maximum atomic E-state index is 12.3. The third-order valence-corrected chi connectivity index (χ3v) is 4.18. The smallest absolute Gasteiger partial charge is 0.338 e. The molecule has 0 spiro atoms. The minimum atomic E-state index is -1.00. The van der Waals surface area contributed by atoms with Crippen molar-refractivity contribution in [3.8, 4) is 5.75 Å². The summed E-state index contributed by atoms with van der Waals surface area (Å²) in [7, 11) is 0. The number of rotatable bonds is 3. The summed E-state index contributed by atoms with van der Waals surface area (Å²) in [5.41, 5.74) is 0.00492. The van der Waals surface area contributed by atoms with Crippen LogP contribution in [0.1, 0.15) is 44.5 Å². The summed E-state index contributed by atoms with van der Waals surface area (Å²) in [6, 6.07) is 5.90. The Bertz CT molecular complexity index is 714. The molecule has 0 saturated heterocycles. The lowest BCUT2D eigenvalue weighted by atomic mass is 9.80. The molecule has 0 aliphatic heterocycles. The van der Waals surface area contributed by atoms with Gasteiger partial charge in [0.05, 0.1) is 5.56 Å². The van der Waals surface area contributed by atoms with E-state index in [4.69, 9.17) is 9.47 Å². The molecule has 0 fully saturated rings. The van der Waals surface area contributed by atoms with Gasteiger partial charge in [-0.1, -0.05) is 13.8 Å². The van der Waals surface area contributed by atoms with Crippen LogP contribution in [0.2, 0.25) is 0 Å². The highest BCUT2D eigenvalue weighted by atomic mass is 16.6. The molecule has 1 aliphatic rings. The van der Waals surface area contributed by atoms with E-state index < -0.39 is 29.6 Å². The van der Waals surface area contributed by atoms with Crippen LogP contribution >= 0.6 is 0 Å². The van der Waals surface area contributed by atoms with Gasteiger partial charge in [0, 0.05) is 18.8 Å². The summed E-state index contributed by atoms with van der Waals surface area (Å²) >= 11 is 0. The summed E-state index contributed by atoms with van der Waals surface area (Å²) in [5, 5.41) is 10.5. The van der Waals surface area contributed by atoms with Crippen LogP contribution in [0.5, 0.6) is 5.75 Å². The van der Waals surface area contributed by atoms with Crippen LogP contribution in [0.25, 0.3) is 0 Å². The number of Topliss-reactive ketones (excluding diaryl/α,β-unsaturated/α-hetero) is 1. The zero-order valence-electron chi connectivity index (χ0n) is 14.7. The van der Waals surface area contributed by atoms with E-state index in [1.165, 1.54) is 37.3 Å². The van der Waals surface area contributed by atoms with E-state index in [1.807, 2.05) is 0 Å². The van der Waals surface area contributed by atoms with E-state index in [1.54, 1.807) is 20.8 Å². The second kappa shape index (κ2) is 7.19. The Morgan fingerprint density at radius 1 is 1.20 bits per heavy atom. The van der Waals surface area contributed by atoms with Crippen LogP contribution in [0.4, 0.5) is 0 Å². The minimum Gasteiger partial charge on any atom is -0.452 e. The maximum Gasteiger partial charge on any atom is 0.338 e. The van der Waals surface area contributed by atoms with Gasteiger partial charge in [0.2, 0.25) is 0 Å². The number of aliphatic hydroxyl groups excluding tert-OH is 1. The predicted octanol–water partition coefficient (Wildman–Crippen LogP) is 2.44. The highest BCUT2D eigenvalue weighted by Gasteiger charge is 2.40. The SMILES string of the molecule is CC(=O)Oc1ccc(C(=O)OC2C=C(C)C(=O)CC(C)(C)C2O)cc1. The van der Waals surface area contributed by atoms with Gasteiger partial charge in [-0.25, -0.2) is 4.79 Å². The molecule has 0 radical (unpaired) electrons. The Balaban J connectivity index is 2.17. The molecule has 1 aromatic rings. The molecule has 134 valence electrons. The van der Waals surface area contributed by atoms with Gasteiger partial charge in [-0.3, -0.25) is 9.59 Å². The van der Waals surface area contributed by atoms with Crippen LogP contribution in [-0.2, 0) is 14.3 Å². The Kier molecular flexibility index (Phi) is 5.42. The van der Waals surface area contributed by atoms with Crippen LogP contribution in [0.15, 0.2) is 35.9 Å². The quantitative estimate of drug-likeness (QED) is 0.668. The first kappa shape index (κ1) is 18.9.